The van der Waals surface area contributed by atoms with Crippen molar-refractivity contribution in [1.29, 1.82) is 0 Å². The second-order valence-corrected chi connectivity index (χ2v) is 3.93. The molecular weight excluding hydrogens is 247 g/mol. The largest absolute Gasteiger partial charge is 0.388 e. The van der Waals surface area contributed by atoms with Gasteiger partial charge in [-0.2, -0.15) is 0 Å². The van der Waals surface area contributed by atoms with Crippen molar-refractivity contribution in [2.24, 2.45) is 0 Å². The average molecular weight is 255 g/mol. The first-order valence-electron chi connectivity index (χ1n) is 4.58. The SMILES string of the molecule is OCc1ncc(-c2cccc(Cl)c2Cl)cn1. The van der Waals surface area contributed by atoms with Crippen LogP contribution in [-0.2, 0) is 6.61 Å². The number of hydrogen-bond donors (Lipinski definition) is 1. The molecule has 0 radical (unpaired) electrons. The third kappa shape index (κ3) is 2.16. The number of rotatable bonds is 2. The standard InChI is InChI=1S/C11H8Cl2N2O/c12-9-3-1-2-8(11(9)13)7-4-14-10(6-16)15-5-7/h1-5,16H,6H2. The van der Waals surface area contributed by atoms with Crippen LogP contribution in [-0.4, -0.2) is 15.1 Å². The number of aliphatic hydroxyl groups excluding tert-OH is 1. The van der Waals surface area contributed by atoms with Gasteiger partial charge in [0.2, 0.25) is 0 Å². The third-order valence-electron chi connectivity index (χ3n) is 2.11. The topological polar surface area (TPSA) is 46.0 Å². The molecule has 1 N–H and O–H groups in total. The van der Waals surface area contributed by atoms with Crippen LogP contribution in [0.25, 0.3) is 11.1 Å². The van der Waals surface area contributed by atoms with E-state index in [0.29, 0.717) is 15.9 Å². The van der Waals surface area contributed by atoms with E-state index < -0.39 is 0 Å². The van der Waals surface area contributed by atoms with Gasteiger partial charge >= 0.3 is 0 Å². The molecule has 0 aliphatic carbocycles. The molecule has 1 aromatic carbocycles. The Labute approximate surface area is 103 Å². The fourth-order valence-corrected chi connectivity index (χ4v) is 1.71. The maximum atomic E-state index is 8.83. The number of benzene rings is 1. The van der Waals surface area contributed by atoms with Crippen molar-refractivity contribution in [3.8, 4) is 11.1 Å². The summed E-state index contributed by atoms with van der Waals surface area (Å²) < 4.78 is 0. The second kappa shape index (κ2) is 4.78. The van der Waals surface area contributed by atoms with E-state index >= 15 is 0 Å². The smallest absolute Gasteiger partial charge is 0.153 e. The van der Waals surface area contributed by atoms with E-state index in [2.05, 4.69) is 9.97 Å². The highest BCUT2D eigenvalue weighted by Gasteiger charge is 2.07. The van der Waals surface area contributed by atoms with Gasteiger partial charge in [0.25, 0.3) is 0 Å². The van der Waals surface area contributed by atoms with Crippen LogP contribution in [0.2, 0.25) is 10.0 Å². The van der Waals surface area contributed by atoms with E-state index in [4.69, 9.17) is 28.3 Å². The van der Waals surface area contributed by atoms with Crippen molar-refractivity contribution in [1.82, 2.24) is 9.97 Å². The highest BCUT2D eigenvalue weighted by Crippen LogP contribution is 2.32. The Morgan fingerprint density at radius 1 is 1.12 bits per heavy atom. The fourth-order valence-electron chi connectivity index (χ4n) is 1.30. The van der Waals surface area contributed by atoms with Crippen LogP contribution in [0, 0.1) is 0 Å². The zero-order chi connectivity index (χ0) is 11.5. The summed E-state index contributed by atoms with van der Waals surface area (Å²) in [7, 11) is 0. The Kier molecular flexibility index (Phi) is 3.39. The predicted molar refractivity (Wildman–Crippen MR) is 63.4 cm³/mol. The van der Waals surface area contributed by atoms with Crippen molar-refractivity contribution in [3.63, 3.8) is 0 Å². The van der Waals surface area contributed by atoms with Crippen molar-refractivity contribution >= 4 is 23.2 Å². The van der Waals surface area contributed by atoms with Gasteiger partial charge in [0.05, 0.1) is 10.0 Å². The van der Waals surface area contributed by atoms with Crippen LogP contribution < -0.4 is 0 Å². The first kappa shape index (κ1) is 11.3. The van der Waals surface area contributed by atoms with E-state index in [1.807, 2.05) is 12.1 Å². The van der Waals surface area contributed by atoms with E-state index in [-0.39, 0.29) is 6.61 Å². The van der Waals surface area contributed by atoms with Crippen LogP contribution in [0.5, 0.6) is 0 Å². The minimum atomic E-state index is -0.177. The minimum absolute atomic E-state index is 0.177. The molecule has 0 atom stereocenters. The van der Waals surface area contributed by atoms with E-state index in [1.54, 1.807) is 18.5 Å². The predicted octanol–water partition coefficient (Wildman–Crippen LogP) is 2.94. The van der Waals surface area contributed by atoms with Gasteiger partial charge in [-0.25, -0.2) is 9.97 Å². The monoisotopic (exact) mass is 254 g/mol. The Balaban J connectivity index is 2.46. The molecule has 2 aromatic rings. The van der Waals surface area contributed by atoms with Crippen LogP contribution in [0.3, 0.4) is 0 Å². The molecule has 82 valence electrons. The molecular formula is C11H8Cl2N2O. The lowest BCUT2D eigenvalue weighted by Crippen LogP contribution is -1.93. The van der Waals surface area contributed by atoms with Gasteiger partial charge in [-0.05, 0) is 6.07 Å². The first-order chi connectivity index (χ1) is 7.72. The summed E-state index contributed by atoms with van der Waals surface area (Å²) in [5, 5.41) is 9.79. The molecule has 2 rings (SSSR count). The number of hydrogen-bond acceptors (Lipinski definition) is 3. The van der Waals surface area contributed by atoms with Gasteiger partial charge in [-0.3, -0.25) is 0 Å². The lowest BCUT2D eigenvalue weighted by Gasteiger charge is -2.05. The zero-order valence-corrected chi connectivity index (χ0v) is 9.70. The van der Waals surface area contributed by atoms with Gasteiger partial charge in [-0.1, -0.05) is 35.3 Å². The summed E-state index contributed by atoms with van der Waals surface area (Å²) in [5.41, 5.74) is 1.54. The number of nitrogens with zero attached hydrogens (tertiary/aromatic N) is 2. The van der Waals surface area contributed by atoms with Gasteiger partial charge in [0.15, 0.2) is 5.82 Å². The Morgan fingerprint density at radius 3 is 2.44 bits per heavy atom. The molecule has 1 heterocycles. The highest BCUT2D eigenvalue weighted by atomic mass is 35.5. The maximum absolute atomic E-state index is 8.83. The Bertz CT molecular complexity index is 500. The van der Waals surface area contributed by atoms with E-state index in [0.717, 1.165) is 11.1 Å². The summed E-state index contributed by atoms with van der Waals surface area (Å²) in [4.78, 5) is 7.96. The number of aliphatic hydroxyl groups is 1. The van der Waals surface area contributed by atoms with E-state index in [1.165, 1.54) is 0 Å². The normalized spacial score (nSPS) is 10.4. The van der Waals surface area contributed by atoms with Crippen molar-refractivity contribution in [3.05, 3.63) is 46.5 Å². The Morgan fingerprint density at radius 2 is 1.81 bits per heavy atom. The molecule has 0 amide bonds. The maximum Gasteiger partial charge on any atom is 0.153 e. The van der Waals surface area contributed by atoms with Crippen molar-refractivity contribution in [2.75, 3.05) is 0 Å². The molecule has 0 unspecified atom stereocenters. The third-order valence-corrected chi connectivity index (χ3v) is 2.93. The lowest BCUT2D eigenvalue weighted by atomic mass is 10.1. The summed E-state index contributed by atoms with van der Waals surface area (Å²) in [6, 6.07) is 5.37. The quantitative estimate of drug-likeness (QED) is 0.897. The molecule has 5 heteroatoms. The molecule has 0 saturated heterocycles. The number of aromatic nitrogens is 2. The molecule has 3 nitrogen and oxygen atoms in total. The van der Waals surface area contributed by atoms with Crippen LogP contribution in [0.15, 0.2) is 30.6 Å². The molecule has 0 fully saturated rings. The van der Waals surface area contributed by atoms with Gasteiger partial charge in [0.1, 0.15) is 6.61 Å². The highest BCUT2D eigenvalue weighted by molar-refractivity contribution is 6.43. The van der Waals surface area contributed by atoms with Crippen LogP contribution in [0.1, 0.15) is 5.82 Å². The summed E-state index contributed by atoms with van der Waals surface area (Å²) in [5.74, 6) is 0.377. The average Bonchev–Trinajstić information content (AvgIpc) is 2.33. The molecule has 0 aliphatic heterocycles. The molecule has 0 spiro atoms. The van der Waals surface area contributed by atoms with Gasteiger partial charge in [0, 0.05) is 23.5 Å². The van der Waals surface area contributed by atoms with Gasteiger partial charge in [-0.15, -0.1) is 0 Å². The second-order valence-electron chi connectivity index (χ2n) is 3.15. The lowest BCUT2D eigenvalue weighted by molar-refractivity contribution is 0.271. The number of halogens is 2. The van der Waals surface area contributed by atoms with Crippen LogP contribution in [0.4, 0.5) is 0 Å². The Hall–Kier alpha value is -1.16. The van der Waals surface area contributed by atoms with Gasteiger partial charge < -0.3 is 5.11 Å². The fraction of sp³-hybridized carbons (Fsp3) is 0.0909. The van der Waals surface area contributed by atoms with Crippen molar-refractivity contribution < 1.29 is 5.11 Å². The summed E-state index contributed by atoms with van der Waals surface area (Å²) in [6.45, 7) is -0.177. The molecule has 0 aliphatic rings. The first-order valence-corrected chi connectivity index (χ1v) is 5.34. The summed E-state index contributed by atoms with van der Waals surface area (Å²) in [6.07, 6.45) is 3.21. The molecule has 0 saturated carbocycles. The minimum Gasteiger partial charge on any atom is -0.388 e. The molecule has 16 heavy (non-hydrogen) atoms. The molecule has 0 bridgehead atoms. The van der Waals surface area contributed by atoms with E-state index in [9.17, 15) is 0 Å². The summed E-state index contributed by atoms with van der Waals surface area (Å²) >= 11 is 12.0. The van der Waals surface area contributed by atoms with Crippen molar-refractivity contribution in [2.45, 2.75) is 6.61 Å². The molecule has 1 aromatic heterocycles. The zero-order valence-electron chi connectivity index (χ0n) is 8.19. The van der Waals surface area contributed by atoms with Crippen LogP contribution >= 0.6 is 23.2 Å².